The summed E-state index contributed by atoms with van der Waals surface area (Å²) in [6.07, 6.45) is 2.40. The summed E-state index contributed by atoms with van der Waals surface area (Å²) < 4.78 is 14.3. The maximum Gasteiger partial charge on any atom is 0.191 e. The van der Waals surface area contributed by atoms with E-state index in [2.05, 4.69) is 53.7 Å². The van der Waals surface area contributed by atoms with Gasteiger partial charge < -0.3 is 19.9 Å². The lowest BCUT2D eigenvalue weighted by molar-refractivity contribution is -0.162. The molecule has 3 aromatic rings. The Kier molecular flexibility index (Phi) is 6.18. The molecule has 2 aromatic heterocycles. The van der Waals surface area contributed by atoms with Gasteiger partial charge in [0.1, 0.15) is 6.10 Å². The largest absolute Gasteiger partial charge is 0.396 e. The van der Waals surface area contributed by atoms with Crippen LogP contribution in [0.1, 0.15) is 63.1 Å². The number of anilines is 1. The summed E-state index contributed by atoms with van der Waals surface area (Å²) in [4.78, 5) is 9.74. The Labute approximate surface area is 215 Å². The van der Waals surface area contributed by atoms with Gasteiger partial charge in [-0.2, -0.15) is 0 Å². The molecular formula is C26H34N6O3S. The molecule has 0 spiro atoms. The monoisotopic (exact) mass is 510 g/mol. The van der Waals surface area contributed by atoms with Crippen LogP contribution >= 0.6 is 11.8 Å². The van der Waals surface area contributed by atoms with Gasteiger partial charge in [0.25, 0.3) is 0 Å². The summed E-state index contributed by atoms with van der Waals surface area (Å²) in [5.74, 6) is 1.42. The molecule has 3 fully saturated rings. The predicted octanol–water partition coefficient (Wildman–Crippen LogP) is 4.07. The molecule has 9 nitrogen and oxygen atoms in total. The summed E-state index contributed by atoms with van der Waals surface area (Å²) in [6, 6.07) is 8.91. The fourth-order valence-corrected chi connectivity index (χ4v) is 6.36. The van der Waals surface area contributed by atoms with Gasteiger partial charge in [0.15, 0.2) is 27.9 Å². The van der Waals surface area contributed by atoms with E-state index in [1.54, 1.807) is 11.8 Å². The van der Waals surface area contributed by atoms with Crippen molar-refractivity contribution in [2.24, 2.45) is 5.92 Å². The minimum atomic E-state index is -0.696. The topological polar surface area (TPSA) is 107 Å². The second-order valence-corrected chi connectivity index (χ2v) is 11.8. The average Bonchev–Trinajstić information content (AvgIpc) is 3.18. The van der Waals surface area contributed by atoms with Crippen LogP contribution in [0.15, 0.2) is 29.4 Å². The van der Waals surface area contributed by atoms with Gasteiger partial charge in [-0.3, -0.25) is 0 Å². The van der Waals surface area contributed by atoms with Gasteiger partial charge in [-0.25, -0.2) is 14.6 Å². The van der Waals surface area contributed by atoms with E-state index in [-0.39, 0.29) is 30.8 Å². The number of rotatable bonds is 8. The van der Waals surface area contributed by atoms with Gasteiger partial charge in [0.05, 0.1) is 12.1 Å². The standard InChI is InChI=1S/C26H34N6O3S/c1-5-9-36-25-28-23(27-18-12-17(18)15-8-6-7-14(2)10-15)20-24(29-25)32(31-30-20)19-11-16(13-33)21-22(19)35-26(3,4)34-21/h6-8,10,16-19,21-22,33H,5,9,11-13H2,1-4H3,(H,27,28,29). The number of aromatic nitrogens is 5. The minimum absolute atomic E-state index is 0.0176. The number of aryl methyl sites for hydroxylation is 1. The summed E-state index contributed by atoms with van der Waals surface area (Å²) >= 11 is 1.65. The summed E-state index contributed by atoms with van der Waals surface area (Å²) in [6.45, 7) is 8.17. The number of aliphatic hydroxyl groups is 1. The quantitative estimate of drug-likeness (QED) is 0.342. The van der Waals surface area contributed by atoms with Crippen molar-refractivity contribution >= 4 is 28.7 Å². The highest BCUT2D eigenvalue weighted by atomic mass is 32.2. The zero-order valence-electron chi connectivity index (χ0n) is 21.2. The number of fused-ring (bicyclic) bond motifs is 2. The van der Waals surface area contributed by atoms with Crippen LogP contribution in [-0.2, 0) is 9.47 Å². The lowest BCUT2D eigenvalue weighted by Gasteiger charge is -2.23. The first-order valence-corrected chi connectivity index (χ1v) is 13.9. The van der Waals surface area contributed by atoms with E-state index in [1.807, 2.05) is 18.5 Å². The zero-order chi connectivity index (χ0) is 25.0. The lowest BCUT2D eigenvalue weighted by Crippen LogP contribution is -2.28. The molecular weight excluding hydrogens is 476 g/mol. The Morgan fingerprint density at radius 1 is 1.19 bits per heavy atom. The molecule has 0 bridgehead atoms. The van der Waals surface area contributed by atoms with E-state index in [4.69, 9.17) is 19.4 Å². The Balaban J connectivity index is 1.33. The summed E-state index contributed by atoms with van der Waals surface area (Å²) in [5.41, 5.74) is 4.01. The van der Waals surface area contributed by atoms with Gasteiger partial charge in [-0.05, 0) is 45.6 Å². The van der Waals surface area contributed by atoms with Crippen LogP contribution < -0.4 is 5.32 Å². The van der Waals surface area contributed by atoms with Crippen LogP contribution in [0.2, 0.25) is 0 Å². The van der Waals surface area contributed by atoms with Gasteiger partial charge in [0, 0.05) is 30.2 Å². The Morgan fingerprint density at radius 2 is 2.03 bits per heavy atom. The van der Waals surface area contributed by atoms with Crippen molar-refractivity contribution in [1.29, 1.82) is 0 Å². The third-order valence-corrected chi connectivity index (χ3v) is 8.47. The molecule has 1 saturated heterocycles. The predicted molar refractivity (Wildman–Crippen MR) is 138 cm³/mol. The highest BCUT2D eigenvalue weighted by Gasteiger charge is 2.55. The fourth-order valence-electron chi connectivity index (χ4n) is 5.67. The van der Waals surface area contributed by atoms with Crippen LogP contribution in [0.25, 0.3) is 11.2 Å². The molecule has 0 radical (unpaired) electrons. The molecule has 2 aliphatic carbocycles. The molecule has 10 heteroatoms. The molecule has 6 atom stereocenters. The molecule has 1 aliphatic heterocycles. The molecule has 2 saturated carbocycles. The van der Waals surface area contributed by atoms with Crippen LogP contribution in [0.5, 0.6) is 0 Å². The second kappa shape index (κ2) is 9.24. The molecule has 192 valence electrons. The van der Waals surface area contributed by atoms with Crippen LogP contribution in [-0.4, -0.2) is 66.5 Å². The molecule has 0 amide bonds. The number of hydrogen-bond donors (Lipinski definition) is 2. The second-order valence-electron chi connectivity index (χ2n) is 10.7. The number of hydrogen-bond acceptors (Lipinski definition) is 9. The highest BCUT2D eigenvalue weighted by molar-refractivity contribution is 7.99. The van der Waals surface area contributed by atoms with Crippen molar-refractivity contribution in [3.05, 3.63) is 35.4 Å². The Hall–Kier alpha value is -2.27. The molecule has 2 N–H and O–H groups in total. The number of ether oxygens (including phenoxy) is 2. The normalized spacial score (nSPS) is 30.6. The molecule has 6 unspecified atom stereocenters. The van der Waals surface area contributed by atoms with Gasteiger partial charge >= 0.3 is 0 Å². The van der Waals surface area contributed by atoms with Gasteiger partial charge in [-0.15, -0.1) is 5.10 Å². The van der Waals surface area contributed by atoms with Crippen molar-refractivity contribution in [2.45, 2.75) is 88.1 Å². The Bertz CT molecular complexity index is 1270. The maximum absolute atomic E-state index is 10.0. The van der Waals surface area contributed by atoms with Crippen molar-refractivity contribution < 1.29 is 14.6 Å². The first-order valence-electron chi connectivity index (χ1n) is 12.9. The molecule has 6 rings (SSSR count). The lowest BCUT2D eigenvalue weighted by atomic mass is 10.1. The van der Waals surface area contributed by atoms with E-state index in [1.165, 1.54) is 11.1 Å². The SMILES string of the molecule is CCCSc1nc(NC2CC2c2cccc(C)c2)c2nnn(C3CC(CO)C4OC(C)(C)OC43)c2n1. The number of benzene rings is 1. The van der Waals surface area contributed by atoms with Crippen molar-refractivity contribution in [2.75, 3.05) is 17.7 Å². The zero-order valence-corrected chi connectivity index (χ0v) is 22.0. The smallest absolute Gasteiger partial charge is 0.191 e. The van der Waals surface area contributed by atoms with Crippen LogP contribution in [0, 0.1) is 12.8 Å². The van der Waals surface area contributed by atoms with Gasteiger partial charge in [-0.1, -0.05) is 53.7 Å². The van der Waals surface area contributed by atoms with Crippen molar-refractivity contribution in [3.8, 4) is 0 Å². The van der Waals surface area contributed by atoms with Crippen LogP contribution in [0.3, 0.4) is 0 Å². The third-order valence-electron chi connectivity index (χ3n) is 7.42. The number of aliphatic hydroxyl groups excluding tert-OH is 1. The number of nitrogens with one attached hydrogen (secondary N) is 1. The van der Waals surface area contributed by atoms with Gasteiger partial charge in [0.2, 0.25) is 0 Å². The van der Waals surface area contributed by atoms with Crippen molar-refractivity contribution in [1.82, 2.24) is 25.0 Å². The van der Waals surface area contributed by atoms with E-state index in [9.17, 15) is 5.11 Å². The third kappa shape index (κ3) is 4.38. The van der Waals surface area contributed by atoms with E-state index < -0.39 is 5.79 Å². The Morgan fingerprint density at radius 3 is 2.81 bits per heavy atom. The average molecular weight is 511 g/mol. The fraction of sp³-hybridized carbons (Fsp3) is 0.615. The maximum atomic E-state index is 10.0. The first kappa shape index (κ1) is 24.1. The number of nitrogens with zero attached hydrogens (tertiary/aromatic N) is 5. The molecule has 3 heterocycles. The molecule has 36 heavy (non-hydrogen) atoms. The molecule has 1 aromatic carbocycles. The first-order chi connectivity index (χ1) is 17.4. The van der Waals surface area contributed by atoms with E-state index in [0.717, 1.165) is 29.6 Å². The summed E-state index contributed by atoms with van der Waals surface area (Å²) in [7, 11) is 0. The minimum Gasteiger partial charge on any atom is -0.396 e. The van der Waals surface area contributed by atoms with E-state index in [0.29, 0.717) is 29.5 Å². The van der Waals surface area contributed by atoms with Crippen molar-refractivity contribution in [3.63, 3.8) is 0 Å². The summed E-state index contributed by atoms with van der Waals surface area (Å²) in [5, 5.41) is 23.5. The molecule has 3 aliphatic rings. The van der Waals surface area contributed by atoms with E-state index >= 15 is 0 Å². The number of thioether (sulfide) groups is 1. The highest BCUT2D eigenvalue weighted by Crippen LogP contribution is 2.48. The van der Waals surface area contributed by atoms with Crippen LogP contribution in [0.4, 0.5) is 5.82 Å².